The van der Waals surface area contributed by atoms with E-state index in [0.717, 1.165) is 0 Å². The Morgan fingerprint density at radius 3 is 2.50 bits per heavy atom. The molecule has 1 heterocycles. The number of azide groups is 1. The molecule has 0 saturated carbocycles. The fourth-order valence-corrected chi connectivity index (χ4v) is 1.34. The fourth-order valence-electron chi connectivity index (χ4n) is 1.34. The Morgan fingerprint density at radius 1 is 1.38 bits per heavy atom. The monoisotopic (exact) mass is 236 g/mol. The van der Waals surface area contributed by atoms with Crippen LogP contribution in [0.5, 0.6) is 0 Å². The van der Waals surface area contributed by atoms with E-state index in [1.807, 2.05) is 0 Å². The first kappa shape index (κ1) is 12.9. The Balaban J connectivity index is 2.88. The lowest BCUT2D eigenvalue weighted by molar-refractivity contribution is -0.362. The minimum absolute atomic E-state index is 0.703. The van der Waals surface area contributed by atoms with Crippen LogP contribution in [-0.2, 0) is 4.74 Å². The molecule has 10 nitrogen and oxygen atoms in total. The van der Waals surface area contributed by atoms with Gasteiger partial charge in [-0.05, 0) is 5.22 Å². The number of hydrogen-bond acceptors (Lipinski definition) is 7. The number of aliphatic hydroxyl groups excluding tert-OH is 4. The maximum absolute atomic E-state index is 9.63. The molecule has 1 fully saturated rings. The van der Waals surface area contributed by atoms with Gasteiger partial charge in [-0.3, -0.25) is 0 Å². The molecule has 6 N–H and O–H groups in total. The second-order valence-electron chi connectivity index (χ2n) is 3.26. The molecule has 1 aliphatic rings. The summed E-state index contributed by atoms with van der Waals surface area (Å²) in [5.74, 6) is -2.57. The number of hydrogen-bond donors (Lipinski definition) is 6. The predicted octanol–water partition coefficient (Wildman–Crippen LogP) is -3.08. The summed E-state index contributed by atoms with van der Waals surface area (Å²) in [4.78, 5) is 2.26. The molecule has 0 spiro atoms. The van der Waals surface area contributed by atoms with Gasteiger partial charge < -0.3 is 30.3 Å². The van der Waals surface area contributed by atoms with E-state index in [9.17, 15) is 20.4 Å². The molecule has 0 aromatic heterocycles. The van der Waals surface area contributed by atoms with E-state index in [4.69, 9.17) is 10.6 Å². The molecule has 10 heteroatoms. The van der Waals surface area contributed by atoms with Gasteiger partial charge in [0.15, 0.2) is 6.10 Å². The molecule has 0 aliphatic carbocycles. The Kier molecular flexibility index (Phi) is 3.88. The van der Waals surface area contributed by atoms with Gasteiger partial charge in [-0.15, -0.1) is 5.53 Å². The fraction of sp³-hybridized carbons (Fsp3) is 1.00. The minimum Gasteiger partial charge on any atom is -0.394 e. The quantitative estimate of drug-likeness (QED) is 0.0990. The van der Waals surface area contributed by atoms with Crippen molar-refractivity contribution < 1.29 is 30.3 Å². The van der Waals surface area contributed by atoms with Gasteiger partial charge in [0, 0.05) is 0 Å². The highest BCUT2D eigenvalue weighted by Gasteiger charge is 2.55. The van der Waals surface area contributed by atoms with Crippen LogP contribution in [0.15, 0.2) is 5.22 Å². The van der Waals surface area contributed by atoms with Crippen molar-refractivity contribution in [3.05, 3.63) is 10.4 Å². The third-order valence-electron chi connectivity index (χ3n) is 2.22. The maximum atomic E-state index is 9.63. The summed E-state index contributed by atoms with van der Waals surface area (Å²) in [7, 11) is 0. The third-order valence-corrected chi connectivity index (χ3v) is 2.22. The molecule has 92 valence electrons. The average molecular weight is 236 g/mol. The van der Waals surface area contributed by atoms with Crippen molar-refractivity contribution in [2.75, 3.05) is 6.61 Å². The normalized spacial score (nSPS) is 43.6. The Morgan fingerprint density at radius 2 is 2.00 bits per heavy atom. The van der Waals surface area contributed by atoms with Gasteiger partial charge in [0.2, 0.25) is 0 Å². The van der Waals surface area contributed by atoms with E-state index >= 15 is 0 Å². The number of aliphatic hydroxyl groups is 5. The summed E-state index contributed by atoms with van der Waals surface area (Å²) in [6.45, 7) is -0.703. The zero-order valence-electron chi connectivity index (χ0n) is 8.00. The van der Waals surface area contributed by atoms with Crippen molar-refractivity contribution in [1.82, 2.24) is 5.43 Å². The molecule has 5 atom stereocenters. The lowest BCUT2D eigenvalue weighted by Crippen LogP contribution is -2.69. The first-order chi connectivity index (χ1) is 7.46. The van der Waals surface area contributed by atoms with Gasteiger partial charge in [-0.2, -0.15) is 4.91 Å². The zero-order chi connectivity index (χ0) is 12.3. The Bertz CT molecular complexity index is 295. The van der Waals surface area contributed by atoms with Gasteiger partial charge in [0.1, 0.15) is 18.3 Å². The van der Waals surface area contributed by atoms with Crippen molar-refractivity contribution in [1.29, 1.82) is 0 Å². The Hall–Kier alpha value is -1.13. The SMILES string of the molecule is [N-]=[N+]=NN[C@@]1(O)O[C@H](CO)[C@H](O)[C@H](O)[C@H]1O. The zero-order valence-corrected chi connectivity index (χ0v) is 8.00. The van der Waals surface area contributed by atoms with Crippen molar-refractivity contribution in [2.45, 2.75) is 30.3 Å². The van der Waals surface area contributed by atoms with E-state index in [1.54, 1.807) is 5.43 Å². The van der Waals surface area contributed by atoms with Crippen LogP contribution in [0.4, 0.5) is 0 Å². The molecule has 0 unspecified atom stereocenters. The van der Waals surface area contributed by atoms with Crippen molar-refractivity contribution in [3.63, 3.8) is 0 Å². The molecule has 0 aromatic rings. The summed E-state index contributed by atoms with van der Waals surface area (Å²) < 4.78 is 4.69. The smallest absolute Gasteiger partial charge is 0.351 e. The highest BCUT2D eigenvalue weighted by atomic mass is 16.7. The van der Waals surface area contributed by atoms with E-state index in [2.05, 4.69) is 14.9 Å². The predicted molar refractivity (Wildman–Crippen MR) is 47.2 cm³/mol. The summed E-state index contributed by atoms with van der Waals surface area (Å²) in [5, 5.41) is 49.3. The van der Waals surface area contributed by atoms with Gasteiger partial charge in [-0.25, -0.2) is 5.43 Å². The Labute approximate surface area is 89.3 Å². The lowest BCUT2D eigenvalue weighted by atomic mass is 9.97. The molecule has 1 aliphatic heterocycles. The summed E-state index contributed by atoms with van der Waals surface area (Å²) in [6.07, 6.45) is -6.62. The van der Waals surface area contributed by atoms with E-state index < -0.39 is 36.9 Å². The maximum Gasteiger partial charge on any atom is 0.351 e. The van der Waals surface area contributed by atoms with Crippen molar-refractivity contribution >= 4 is 0 Å². The van der Waals surface area contributed by atoms with Crippen molar-refractivity contribution in [2.24, 2.45) is 5.22 Å². The molecule has 0 bridgehead atoms. The number of rotatable bonds is 3. The van der Waals surface area contributed by atoms with Gasteiger partial charge in [0.25, 0.3) is 0 Å². The summed E-state index contributed by atoms with van der Waals surface area (Å²) in [6, 6.07) is 0. The van der Waals surface area contributed by atoms with Crippen LogP contribution >= 0.6 is 0 Å². The first-order valence-corrected chi connectivity index (χ1v) is 4.32. The van der Waals surface area contributed by atoms with Gasteiger partial charge in [0.05, 0.1) is 6.61 Å². The molecule has 1 rings (SSSR count). The molecule has 0 amide bonds. The van der Waals surface area contributed by atoms with Crippen LogP contribution in [0.25, 0.3) is 10.4 Å². The van der Waals surface area contributed by atoms with Gasteiger partial charge >= 0.3 is 5.91 Å². The molecular weight excluding hydrogens is 224 g/mol. The van der Waals surface area contributed by atoms with E-state index in [-0.39, 0.29) is 0 Å². The van der Waals surface area contributed by atoms with Crippen molar-refractivity contribution in [3.8, 4) is 0 Å². The van der Waals surface area contributed by atoms with Gasteiger partial charge in [-0.1, -0.05) is 0 Å². The lowest BCUT2D eigenvalue weighted by Gasteiger charge is -2.42. The standard InChI is InChI=1S/C6H12N4O6/c7-9-10-8-6(15)5(14)4(13)3(12)2(1-11)16-6/h2-5,8,11-15H,1H2/t2-,3+,4+,5-,6+/m1/s1. The molecule has 0 radical (unpaired) electrons. The summed E-state index contributed by atoms with van der Waals surface area (Å²) in [5.41, 5.74) is 9.75. The molecule has 16 heavy (non-hydrogen) atoms. The highest BCUT2D eigenvalue weighted by molar-refractivity contribution is 4.94. The van der Waals surface area contributed by atoms with Crippen LogP contribution < -0.4 is 5.43 Å². The largest absolute Gasteiger partial charge is 0.394 e. The van der Waals surface area contributed by atoms with Crippen LogP contribution in [0.1, 0.15) is 0 Å². The molecule has 0 aromatic carbocycles. The number of nitrogens with one attached hydrogen (secondary N) is 1. The van der Waals surface area contributed by atoms with E-state index in [0.29, 0.717) is 0 Å². The number of nitrogens with zero attached hydrogens (tertiary/aromatic N) is 3. The second-order valence-corrected chi connectivity index (χ2v) is 3.26. The van der Waals surface area contributed by atoms with Crippen LogP contribution in [-0.4, -0.2) is 62.5 Å². The third kappa shape index (κ3) is 2.18. The second kappa shape index (κ2) is 4.80. The van der Waals surface area contributed by atoms with E-state index in [1.165, 1.54) is 0 Å². The molecule has 1 saturated heterocycles. The van der Waals surface area contributed by atoms with Crippen LogP contribution in [0, 0.1) is 0 Å². The van der Waals surface area contributed by atoms with Crippen LogP contribution in [0.2, 0.25) is 0 Å². The first-order valence-electron chi connectivity index (χ1n) is 4.32. The highest BCUT2D eigenvalue weighted by Crippen LogP contribution is 2.26. The molecular formula is C6H12N4O6. The number of ether oxygens (including phenoxy) is 1. The minimum atomic E-state index is -2.57. The van der Waals surface area contributed by atoms with Crippen LogP contribution in [0.3, 0.4) is 0 Å². The topological polar surface area (TPSA) is 171 Å². The summed E-state index contributed by atoms with van der Waals surface area (Å²) >= 11 is 0. The average Bonchev–Trinajstić information content (AvgIpc) is 2.29.